The predicted molar refractivity (Wildman–Crippen MR) is 82.3 cm³/mol. The van der Waals surface area contributed by atoms with Crippen molar-refractivity contribution in [3.8, 4) is 0 Å². The predicted octanol–water partition coefficient (Wildman–Crippen LogP) is 3.42. The van der Waals surface area contributed by atoms with Crippen LogP contribution in [0, 0.1) is 0 Å². The molecule has 0 aliphatic heterocycles. The van der Waals surface area contributed by atoms with Gasteiger partial charge in [-0.05, 0) is 23.0 Å². The van der Waals surface area contributed by atoms with E-state index in [9.17, 15) is 4.79 Å². The van der Waals surface area contributed by atoms with Crippen molar-refractivity contribution in [2.24, 2.45) is 5.73 Å². The molecule has 1 amide bonds. The van der Waals surface area contributed by atoms with Crippen molar-refractivity contribution in [1.82, 2.24) is 5.16 Å². The van der Waals surface area contributed by atoms with Gasteiger partial charge in [-0.3, -0.25) is 4.79 Å². The van der Waals surface area contributed by atoms with Gasteiger partial charge in [0.05, 0.1) is 0 Å². The third kappa shape index (κ3) is 3.72. The van der Waals surface area contributed by atoms with Crippen LogP contribution in [0.5, 0.6) is 0 Å². The van der Waals surface area contributed by atoms with Crippen LogP contribution in [-0.2, 0) is 11.8 Å². The maximum atomic E-state index is 11.0. The van der Waals surface area contributed by atoms with E-state index in [-0.39, 0.29) is 17.0 Å². The van der Waals surface area contributed by atoms with Gasteiger partial charge in [-0.15, -0.1) is 0 Å². The Morgan fingerprint density at radius 2 is 1.90 bits per heavy atom. The van der Waals surface area contributed by atoms with Crippen LogP contribution in [0.15, 0.2) is 34.9 Å². The molecular formula is C17H22N2O2. The summed E-state index contributed by atoms with van der Waals surface area (Å²) in [5.74, 6) is 0.265. The number of amides is 1. The number of rotatable bonds is 4. The van der Waals surface area contributed by atoms with E-state index in [0.29, 0.717) is 5.76 Å². The minimum atomic E-state index is -0.563. The average molecular weight is 286 g/mol. The fraction of sp³-hybridized carbons (Fsp3) is 0.412. The third-order valence-corrected chi connectivity index (χ3v) is 3.63. The second kappa shape index (κ2) is 5.72. The van der Waals surface area contributed by atoms with Crippen molar-refractivity contribution in [1.29, 1.82) is 0 Å². The SMILES string of the molecule is CC(Cc1ccc(C(C)(C)C)cc1)c1cc(C(N)=O)no1. The number of aromatic nitrogens is 1. The molecular weight excluding hydrogens is 264 g/mol. The number of hydrogen-bond donors (Lipinski definition) is 1. The van der Waals surface area contributed by atoms with E-state index in [1.165, 1.54) is 11.1 Å². The highest BCUT2D eigenvalue weighted by Gasteiger charge is 2.16. The largest absolute Gasteiger partial charge is 0.364 e. The summed E-state index contributed by atoms with van der Waals surface area (Å²) in [6.45, 7) is 8.64. The van der Waals surface area contributed by atoms with Gasteiger partial charge in [0.2, 0.25) is 0 Å². The molecule has 0 bridgehead atoms. The van der Waals surface area contributed by atoms with Crippen LogP contribution in [0.25, 0.3) is 0 Å². The van der Waals surface area contributed by atoms with Gasteiger partial charge in [-0.2, -0.15) is 0 Å². The number of nitrogens with two attached hydrogens (primary N) is 1. The molecule has 0 saturated heterocycles. The Morgan fingerprint density at radius 1 is 1.29 bits per heavy atom. The first-order chi connectivity index (χ1) is 9.77. The highest BCUT2D eigenvalue weighted by atomic mass is 16.5. The van der Waals surface area contributed by atoms with E-state index in [1.54, 1.807) is 6.07 Å². The summed E-state index contributed by atoms with van der Waals surface area (Å²) in [7, 11) is 0. The molecule has 0 fully saturated rings. The quantitative estimate of drug-likeness (QED) is 0.936. The van der Waals surface area contributed by atoms with Crippen molar-refractivity contribution < 1.29 is 9.32 Å². The summed E-state index contributed by atoms with van der Waals surface area (Å²) in [6, 6.07) is 10.2. The molecule has 1 aromatic carbocycles. The highest BCUT2D eigenvalue weighted by Crippen LogP contribution is 2.25. The Labute approximate surface area is 125 Å². The van der Waals surface area contributed by atoms with Crippen LogP contribution in [0.4, 0.5) is 0 Å². The summed E-state index contributed by atoms with van der Waals surface area (Å²) in [5, 5.41) is 3.68. The first-order valence-electron chi connectivity index (χ1n) is 7.13. The Bertz CT molecular complexity index is 621. The van der Waals surface area contributed by atoms with Crippen molar-refractivity contribution >= 4 is 5.91 Å². The molecule has 21 heavy (non-hydrogen) atoms. The fourth-order valence-corrected chi connectivity index (χ4v) is 2.23. The van der Waals surface area contributed by atoms with Crippen LogP contribution < -0.4 is 5.73 Å². The lowest BCUT2D eigenvalue weighted by Crippen LogP contribution is -2.11. The van der Waals surface area contributed by atoms with Crippen molar-refractivity contribution in [2.75, 3.05) is 0 Å². The first-order valence-corrected chi connectivity index (χ1v) is 7.13. The van der Waals surface area contributed by atoms with Gasteiger partial charge in [-0.25, -0.2) is 0 Å². The molecule has 0 aliphatic rings. The molecule has 1 aromatic heterocycles. The van der Waals surface area contributed by atoms with Crippen LogP contribution in [0.2, 0.25) is 0 Å². The van der Waals surface area contributed by atoms with Crippen LogP contribution in [0.1, 0.15) is 61.0 Å². The van der Waals surface area contributed by atoms with Crippen LogP contribution in [0.3, 0.4) is 0 Å². The summed E-state index contributed by atoms with van der Waals surface area (Å²) < 4.78 is 5.19. The number of primary amides is 1. The second-order valence-electron chi connectivity index (χ2n) is 6.53. The maximum Gasteiger partial charge on any atom is 0.270 e. The molecule has 2 aromatic rings. The molecule has 1 unspecified atom stereocenters. The van der Waals surface area contributed by atoms with Crippen molar-refractivity contribution in [3.05, 3.63) is 52.9 Å². The summed E-state index contributed by atoms with van der Waals surface area (Å²) in [6.07, 6.45) is 0.831. The van der Waals surface area contributed by atoms with Gasteiger partial charge in [-0.1, -0.05) is 57.1 Å². The minimum absolute atomic E-state index is 0.145. The van der Waals surface area contributed by atoms with Gasteiger partial charge in [0, 0.05) is 12.0 Å². The van der Waals surface area contributed by atoms with E-state index in [2.05, 4.69) is 50.2 Å². The first kappa shape index (κ1) is 15.3. The molecule has 4 heteroatoms. The number of benzene rings is 1. The molecule has 0 radical (unpaired) electrons. The highest BCUT2D eigenvalue weighted by molar-refractivity contribution is 5.90. The lowest BCUT2D eigenvalue weighted by molar-refractivity contribution is 0.0991. The molecule has 1 atom stereocenters. The van der Waals surface area contributed by atoms with Crippen molar-refractivity contribution in [2.45, 2.75) is 45.4 Å². The van der Waals surface area contributed by atoms with Crippen molar-refractivity contribution in [3.63, 3.8) is 0 Å². The summed E-state index contributed by atoms with van der Waals surface area (Å²) >= 11 is 0. The number of nitrogens with zero attached hydrogens (tertiary/aromatic N) is 1. The van der Waals surface area contributed by atoms with E-state index in [0.717, 1.165) is 6.42 Å². The molecule has 112 valence electrons. The fourth-order valence-electron chi connectivity index (χ4n) is 2.23. The average Bonchev–Trinajstić information content (AvgIpc) is 2.88. The Hall–Kier alpha value is -2.10. The van der Waals surface area contributed by atoms with Gasteiger partial charge in [0.1, 0.15) is 5.76 Å². The van der Waals surface area contributed by atoms with Crippen LogP contribution in [-0.4, -0.2) is 11.1 Å². The molecule has 2 rings (SSSR count). The van der Waals surface area contributed by atoms with E-state index in [1.807, 2.05) is 6.92 Å². The topological polar surface area (TPSA) is 69.1 Å². The number of hydrogen-bond acceptors (Lipinski definition) is 3. The summed E-state index contributed by atoms with van der Waals surface area (Å²) in [4.78, 5) is 11.0. The molecule has 0 aliphatic carbocycles. The maximum absolute atomic E-state index is 11.0. The Balaban J connectivity index is 2.08. The smallest absolute Gasteiger partial charge is 0.270 e. The Kier molecular flexibility index (Phi) is 4.16. The zero-order chi connectivity index (χ0) is 15.6. The molecule has 4 nitrogen and oxygen atoms in total. The van der Waals surface area contributed by atoms with Gasteiger partial charge >= 0.3 is 0 Å². The van der Waals surface area contributed by atoms with Gasteiger partial charge in [0.25, 0.3) is 5.91 Å². The second-order valence-corrected chi connectivity index (χ2v) is 6.53. The van der Waals surface area contributed by atoms with E-state index < -0.39 is 5.91 Å². The zero-order valence-electron chi connectivity index (χ0n) is 13.0. The lowest BCUT2D eigenvalue weighted by atomic mass is 9.86. The van der Waals surface area contributed by atoms with E-state index in [4.69, 9.17) is 10.3 Å². The molecule has 0 saturated carbocycles. The number of carbonyl (C=O) groups is 1. The molecule has 0 spiro atoms. The van der Waals surface area contributed by atoms with Crippen LogP contribution >= 0.6 is 0 Å². The summed E-state index contributed by atoms with van der Waals surface area (Å²) in [5.41, 5.74) is 8.06. The van der Waals surface area contributed by atoms with Gasteiger partial charge in [0.15, 0.2) is 5.69 Å². The molecule has 2 N–H and O–H groups in total. The lowest BCUT2D eigenvalue weighted by Gasteiger charge is -2.19. The normalized spacial score (nSPS) is 13.1. The molecule has 1 heterocycles. The Morgan fingerprint density at radius 3 is 2.38 bits per heavy atom. The van der Waals surface area contributed by atoms with Gasteiger partial charge < -0.3 is 10.3 Å². The third-order valence-electron chi connectivity index (χ3n) is 3.63. The minimum Gasteiger partial charge on any atom is -0.364 e. The standard InChI is InChI=1S/C17H22N2O2/c1-11(15-10-14(16(18)20)19-21-15)9-12-5-7-13(8-6-12)17(2,3)4/h5-8,10-11H,9H2,1-4H3,(H2,18,20). The van der Waals surface area contributed by atoms with E-state index >= 15 is 0 Å². The monoisotopic (exact) mass is 286 g/mol. The number of carbonyl (C=O) groups excluding carboxylic acids is 1. The zero-order valence-corrected chi connectivity index (χ0v) is 13.0.